The Balaban J connectivity index is 1.63. The van der Waals surface area contributed by atoms with Crippen molar-refractivity contribution in [2.75, 3.05) is 18.4 Å². The van der Waals surface area contributed by atoms with Gasteiger partial charge in [-0.3, -0.25) is 9.59 Å². The van der Waals surface area contributed by atoms with Crippen molar-refractivity contribution in [3.8, 4) is 16.9 Å². The van der Waals surface area contributed by atoms with Crippen molar-refractivity contribution in [1.82, 2.24) is 14.7 Å². The van der Waals surface area contributed by atoms with Gasteiger partial charge in [0, 0.05) is 24.1 Å². The Kier molecular flexibility index (Phi) is 6.40. The summed E-state index contributed by atoms with van der Waals surface area (Å²) in [5.74, 6) is 0.573. The Morgan fingerprint density at radius 1 is 1.09 bits per heavy atom. The maximum Gasteiger partial charge on any atom is 0.245 e. The molecule has 0 bridgehead atoms. The van der Waals surface area contributed by atoms with Crippen LogP contribution in [0.1, 0.15) is 37.3 Å². The zero-order chi connectivity index (χ0) is 22.7. The molecule has 2 aromatic carbocycles. The zero-order valence-corrected chi connectivity index (χ0v) is 19.0. The van der Waals surface area contributed by atoms with E-state index in [1.807, 2.05) is 62.4 Å². The smallest absolute Gasteiger partial charge is 0.245 e. The van der Waals surface area contributed by atoms with Crippen LogP contribution in [0.3, 0.4) is 0 Å². The standard InChI is InChI=1S/C26H30N4O2/c1-4-14-29(26(32)21-11-12-21)17-25(31)27-24-16-22(20-8-6-5-7-9-20)28-30(24)23-13-10-18(2)15-19(23)3/h5-10,13,15-16,21H,4,11-12,14,17H2,1-3H3,(H,27,31). The van der Waals surface area contributed by atoms with Crippen LogP contribution in [0.5, 0.6) is 0 Å². The van der Waals surface area contributed by atoms with E-state index in [1.54, 1.807) is 9.58 Å². The summed E-state index contributed by atoms with van der Waals surface area (Å²) in [6.45, 7) is 6.76. The maximum absolute atomic E-state index is 13.0. The fourth-order valence-electron chi connectivity index (χ4n) is 3.93. The van der Waals surface area contributed by atoms with E-state index in [2.05, 4.69) is 18.3 Å². The number of nitrogens with one attached hydrogen (secondary N) is 1. The van der Waals surface area contributed by atoms with Crippen molar-refractivity contribution in [2.45, 2.75) is 40.0 Å². The van der Waals surface area contributed by atoms with Gasteiger partial charge in [0.2, 0.25) is 11.8 Å². The number of benzene rings is 2. The molecule has 32 heavy (non-hydrogen) atoms. The Labute approximate surface area is 189 Å². The molecule has 1 aliphatic rings. The lowest BCUT2D eigenvalue weighted by atomic mass is 10.1. The Morgan fingerprint density at radius 2 is 1.84 bits per heavy atom. The number of aromatic nitrogens is 2. The molecule has 3 aromatic rings. The predicted molar refractivity (Wildman–Crippen MR) is 127 cm³/mol. The molecule has 0 saturated heterocycles. The predicted octanol–water partition coefficient (Wildman–Crippen LogP) is 4.74. The van der Waals surface area contributed by atoms with Crippen LogP contribution in [-0.4, -0.2) is 39.6 Å². The van der Waals surface area contributed by atoms with Gasteiger partial charge in [0.05, 0.1) is 17.9 Å². The van der Waals surface area contributed by atoms with E-state index in [4.69, 9.17) is 5.10 Å². The minimum Gasteiger partial charge on any atom is -0.333 e. The molecule has 0 spiro atoms. The highest BCUT2D eigenvalue weighted by molar-refractivity contribution is 5.95. The van der Waals surface area contributed by atoms with E-state index in [-0.39, 0.29) is 24.3 Å². The third-order valence-electron chi connectivity index (χ3n) is 5.69. The normalized spacial score (nSPS) is 13.1. The van der Waals surface area contributed by atoms with Crippen LogP contribution in [0.2, 0.25) is 0 Å². The fourth-order valence-corrected chi connectivity index (χ4v) is 3.93. The fraction of sp³-hybridized carbons (Fsp3) is 0.346. The molecule has 6 nitrogen and oxygen atoms in total. The van der Waals surface area contributed by atoms with Gasteiger partial charge in [0.15, 0.2) is 0 Å². The van der Waals surface area contributed by atoms with Crippen LogP contribution < -0.4 is 5.32 Å². The summed E-state index contributed by atoms with van der Waals surface area (Å²) in [4.78, 5) is 27.2. The average molecular weight is 431 g/mol. The Morgan fingerprint density at radius 3 is 2.50 bits per heavy atom. The number of aryl methyl sites for hydroxylation is 2. The minimum absolute atomic E-state index is 0.0574. The van der Waals surface area contributed by atoms with Crippen LogP contribution >= 0.6 is 0 Å². The second-order valence-corrected chi connectivity index (χ2v) is 8.56. The molecule has 0 unspecified atom stereocenters. The second-order valence-electron chi connectivity index (χ2n) is 8.56. The molecule has 0 atom stereocenters. The van der Waals surface area contributed by atoms with Crippen molar-refractivity contribution >= 4 is 17.6 Å². The third-order valence-corrected chi connectivity index (χ3v) is 5.69. The van der Waals surface area contributed by atoms with E-state index in [0.29, 0.717) is 12.4 Å². The molecule has 6 heteroatoms. The maximum atomic E-state index is 13.0. The number of rotatable bonds is 8. The number of hydrogen-bond acceptors (Lipinski definition) is 3. The molecular weight excluding hydrogens is 400 g/mol. The largest absolute Gasteiger partial charge is 0.333 e. The van der Waals surface area contributed by atoms with Crippen molar-refractivity contribution in [1.29, 1.82) is 0 Å². The van der Waals surface area contributed by atoms with Crippen molar-refractivity contribution < 1.29 is 9.59 Å². The molecule has 1 saturated carbocycles. The quantitative estimate of drug-likeness (QED) is 0.561. The second kappa shape index (κ2) is 9.39. The van der Waals surface area contributed by atoms with E-state index in [1.165, 1.54) is 5.56 Å². The summed E-state index contributed by atoms with van der Waals surface area (Å²) < 4.78 is 1.78. The van der Waals surface area contributed by atoms with Crippen LogP contribution in [0, 0.1) is 19.8 Å². The highest BCUT2D eigenvalue weighted by atomic mass is 16.2. The summed E-state index contributed by atoms with van der Waals surface area (Å²) in [6, 6.07) is 17.9. The van der Waals surface area contributed by atoms with Crippen molar-refractivity contribution in [3.63, 3.8) is 0 Å². The number of nitrogens with zero attached hydrogens (tertiary/aromatic N) is 3. The number of carbonyl (C=O) groups is 2. The topological polar surface area (TPSA) is 67.2 Å². The minimum atomic E-state index is -0.210. The number of carbonyl (C=O) groups excluding carboxylic acids is 2. The molecule has 1 heterocycles. The summed E-state index contributed by atoms with van der Waals surface area (Å²) in [5.41, 5.74) is 4.90. The highest BCUT2D eigenvalue weighted by Gasteiger charge is 2.33. The van der Waals surface area contributed by atoms with Gasteiger partial charge in [-0.2, -0.15) is 5.10 Å². The molecule has 1 aliphatic carbocycles. The van der Waals surface area contributed by atoms with Crippen LogP contribution in [0.4, 0.5) is 5.82 Å². The zero-order valence-electron chi connectivity index (χ0n) is 19.0. The molecule has 2 amide bonds. The summed E-state index contributed by atoms with van der Waals surface area (Å²) in [7, 11) is 0. The Hall–Kier alpha value is -3.41. The first-order valence-corrected chi connectivity index (χ1v) is 11.3. The number of amides is 2. The van der Waals surface area contributed by atoms with Gasteiger partial charge in [0.25, 0.3) is 0 Å². The van der Waals surface area contributed by atoms with Gasteiger partial charge in [-0.05, 0) is 44.7 Å². The monoisotopic (exact) mass is 430 g/mol. The highest BCUT2D eigenvalue weighted by Crippen LogP contribution is 2.31. The van der Waals surface area contributed by atoms with Gasteiger partial charge in [-0.1, -0.05) is 55.0 Å². The van der Waals surface area contributed by atoms with Crippen molar-refractivity contribution in [3.05, 3.63) is 65.7 Å². The van der Waals surface area contributed by atoms with Crippen molar-refractivity contribution in [2.24, 2.45) is 5.92 Å². The third kappa shape index (κ3) is 4.90. The van der Waals surface area contributed by atoms with E-state index in [9.17, 15) is 9.59 Å². The first-order valence-electron chi connectivity index (χ1n) is 11.3. The molecule has 0 radical (unpaired) electrons. The van der Waals surface area contributed by atoms with Gasteiger partial charge >= 0.3 is 0 Å². The summed E-state index contributed by atoms with van der Waals surface area (Å²) in [6.07, 6.45) is 2.69. The average Bonchev–Trinajstić information content (AvgIpc) is 3.55. The van der Waals surface area contributed by atoms with Gasteiger partial charge < -0.3 is 10.2 Å². The molecule has 0 aliphatic heterocycles. The van der Waals surface area contributed by atoms with Crippen LogP contribution in [0.25, 0.3) is 16.9 Å². The van der Waals surface area contributed by atoms with E-state index < -0.39 is 0 Å². The van der Waals surface area contributed by atoms with E-state index in [0.717, 1.165) is 41.8 Å². The van der Waals surface area contributed by atoms with Gasteiger partial charge in [0.1, 0.15) is 5.82 Å². The van der Waals surface area contributed by atoms with Gasteiger partial charge in [-0.15, -0.1) is 0 Å². The summed E-state index contributed by atoms with van der Waals surface area (Å²) in [5, 5.41) is 7.82. The molecule has 1 N–H and O–H groups in total. The SMILES string of the molecule is CCCN(CC(=O)Nc1cc(-c2ccccc2)nn1-c1ccc(C)cc1C)C(=O)C1CC1. The first-order chi connectivity index (χ1) is 15.5. The molecule has 1 aromatic heterocycles. The molecule has 1 fully saturated rings. The number of hydrogen-bond donors (Lipinski definition) is 1. The lowest BCUT2D eigenvalue weighted by Gasteiger charge is -2.21. The van der Waals surface area contributed by atoms with Gasteiger partial charge in [-0.25, -0.2) is 4.68 Å². The Bertz CT molecular complexity index is 1120. The molecular formula is C26H30N4O2. The van der Waals surface area contributed by atoms with Crippen LogP contribution in [0.15, 0.2) is 54.6 Å². The molecule has 166 valence electrons. The molecule has 4 rings (SSSR count). The van der Waals surface area contributed by atoms with E-state index >= 15 is 0 Å². The first kappa shape index (κ1) is 21.8. The van der Waals surface area contributed by atoms with Crippen LogP contribution in [-0.2, 0) is 9.59 Å². The lowest BCUT2D eigenvalue weighted by Crippen LogP contribution is -2.39. The lowest BCUT2D eigenvalue weighted by molar-refractivity contribution is -0.135. The number of anilines is 1. The summed E-state index contributed by atoms with van der Waals surface area (Å²) >= 11 is 0.